The van der Waals surface area contributed by atoms with Crippen molar-refractivity contribution in [1.82, 2.24) is 0 Å². The van der Waals surface area contributed by atoms with Crippen LogP contribution in [0, 0.1) is 0 Å². The van der Waals surface area contributed by atoms with Crippen LogP contribution in [0.3, 0.4) is 0 Å². The molecule has 0 atom stereocenters. The largest absolute Gasteiger partial charge is 0.465 e. The lowest BCUT2D eigenvalue weighted by molar-refractivity contribution is 0.0596. The second kappa shape index (κ2) is 7.29. The Kier molecular flexibility index (Phi) is 4.79. The van der Waals surface area contributed by atoms with Crippen molar-refractivity contribution >= 4 is 44.6 Å². The predicted molar refractivity (Wildman–Crippen MR) is 108 cm³/mol. The third-order valence-electron chi connectivity index (χ3n) is 4.79. The molecule has 0 unspecified atom stereocenters. The summed E-state index contributed by atoms with van der Waals surface area (Å²) < 4.78 is 23.7. The minimum atomic E-state index is -0.794. The van der Waals surface area contributed by atoms with E-state index in [9.17, 15) is 18.8 Å². The molecule has 8 heteroatoms. The van der Waals surface area contributed by atoms with E-state index in [4.69, 9.17) is 4.42 Å². The Morgan fingerprint density at radius 2 is 2.00 bits per heavy atom. The molecule has 1 aliphatic carbocycles. The van der Waals surface area contributed by atoms with Crippen LogP contribution in [0.15, 0.2) is 45.4 Å². The van der Waals surface area contributed by atoms with Crippen LogP contribution in [-0.2, 0) is 11.2 Å². The van der Waals surface area contributed by atoms with Gasteiger partial charge in [-0.1, -0.05) is 6.07 Å². The number of halogens is 1. The van der Waals surface area contributed by atoms with Crippen molar-refractivity contribution in [3.8, 4) is 0 Å². The highest BCUT2D eigenvalue weighted by molar-refractivity contribution is 7.22. The smallest absolute Gasteiger partial charge is 0.351 e. The zero-order valence-corrected chi connectivity index (χ0v) is 16.5. The van der Waals surface area contributed by atoms with Crippen LogP contribution in [0.4, 0.5) is 9.39 Å². The summed E-state index contributed by atoms with van der Waals surface area (Å²) in [5, 5.41) is 0.554. The molecule has 3 aromatic rings. The van der Waals surface area contributed by atoms with Gasteiger partial charge < -0.3 is 14.1 Å². The van der Waals surface area contributed by atoms with E-state index in [1.165, 1.54) is 35.5 Å². The van der Waals surface area contributed by atoms with Crippen LogP contribution in [0.5, 0.6) is 0 Å². The van der Waals surface area contributed by atoms with Crippen molar-refractivity contribution in [3.05, 3.63) is 68.8 Å². The summed E-state index contributed by atoms with van der Waals surface area (Å²) in [6.07, 6.45) is 2.37. The lowest BCUT2D eigenvalue weighted by Gasteiger charge is -2.17. The standard InChI is InChI=1S/C21H16FNO5S/c1-23(19(24)13-4-3-12-8-14(22)6-5-11(12)7-13)18-10-16-17(29-18)9-15(20(25)27-2)21(26)28-16/h3-4,7-10H,5-6H2,1-2H3. The molecule has 6 nitrogen and oxygen atoms in total. The third kappa shape index (κ3) is 3.47. The van der Waals surface area contributed by atoms with Crippen molar-refractivity contribution in [1.29, 1.82) is 0 Å². The molecule has 0 spiro atoms. The van der Waals surface area contributed by atoms with Gasteiger partial charge in [-0.15, -0.1) is 11.3 Å². The predicted octanol–water partition coefficient (Wildman–Crippen LogP) is 4.17. The number of hydrogen-bond acceptors (Lipinski definition) is 6. The Morgan fingerprint density at radius 1 is 1.21 bits per heavy atom. The van der Waals surface area contributed by atoms with Crippen molar-refractivity contribution in [2.24, 2.45) is 0 Å². The summed E-state index contributed by atoms with van der Waals surface area (Å²) >= 11 is 1.21. The average molecular weight is 413 g/mol. The molecule has 29 heavy (non-hydrogen) atoms. The molecule has 4 rings (SSSR count). The van der Waals surface area contributed by atoms with Crippen LogP contribution in [0.2, 0.25) is 0 Å². The van der Waals surface area contributed by atoms with Gasteiger partial charge >= 0.3 is 11.6 Å². The van der Waals surface area contributed by atoms with Gasteiger partial charge in [0.25, 0.3) is 5.91 Å². The second-order valence-corrected chi connectivity index (χ2v) is 7.68. The Hall–Kier alpha value is -3.26. The number of carbonyl (C=O) groups is 2. The highest BCUT2D eigenvalue weighted by Gasteiger charge is 2.21. The Bertz CT molecular complexity index is 1240. The molecule has 2 aromatic heterocycles. The molecule has 1 aliphatic rings. The van der Waals surface area contributed by atoms with Gasteiger partial charge in [-0.2, -0.15) is 0 Å². The van der Waals surface area contributed by atoms with Crippen molar-refractivity contribution < 1.29 is 23.1 Å². The highest BCUT2D eigenvalue weighted by atomic mass is 32.1. The van der Waals surface area contributed by atoms with Gasteiger partial charge in [0, 0.05) is 25.1 Å². The Labute approximate surface area is 168 Å². The first-order chi connectivity index (χ1) is 13.9. The first-order valence-corrected chi connectivity index (χ1v) is 9.62. The molecule has 0 aliphatic heterocycles. The molecule has 1 amide bonds. The first-order valence-electron chi connectivity index (χ1n) is 8.80. The van der Waals surface area contributed by atoms with E-state index >= 15 is 0 Å². The molecule has 0 saturated heterocycles. The van der Waals surface area contributed by atoms with E-state index < -0.39 is 11.6 Å². The number of hydrogen-bond donors (Lipinski definition) is 0. The minimum absolute atomic E-state index is 0.160. The molecule has 1 aromatic carbocycles. The maximum atomic E-state index is 13.4. The van der Waals surface area contributed by atoms with Crippen LogP contribution in [-0.4, -0.2) is 26.0 Å². The molecule has 148 valence electrons. The summed E-state index contributed by atoms with van der Waals surface area (Å²) in [5.74, 6) is -1.18. The van der Waals surface area contributed by atoms with Crippen LogP contribution in [0.25, 0.3) is 16.4 Å². The number of rotatable bonds is 3. The summed E-state index contributed by atoms with van der Waals surface area (Å²) in [6, 6.07) is 8.16. The number of fused-ring (bicyclic) bond motifs is 2. The third-order valence-corrected chi connectivity index (χ3v) is 5.93. The molecule has 0 bridgehead atoms. The number of methoxy groups -OCH3 is 1. The molecule has 0 fully saturated rings. The molecule has 0 N–H and O–H groups in total. The summed E-state index contributed by atoms with van der Waals surface area (Å²) in [5.41, 5.74) is 1.49. The second-order valence-electron chi connectivity index (χ2n) is 6.62. The van der Waals surface area contributed by atoms with Gasteiger partial charge in [-0.3, -0.25) is 4.79 Å². The number of aryl methyl sites for hydroxylation is 1. The van der Waals surface area contributed by atoms with E-state index in [-0.39, 0.29) is 22.9 Å². The molecule has 2 heterocycles. The number of esters is 1. The molecular weight excluding hydrogens is 397 g/mol. The number of allylic oxidation sites excluding steroid dienone is 1. The van der Waals surface area contributed by atoms with Gasteiger partial charge in [0.05, 0.1) is 11.8 Å². The van der Waals surface area contributed by atoms with Crippen molar-refractivity contribution in [2.45, 2.75) is 12.8 Å². The summed E-state index contributed by atoms with van der Waals surface area (Å²) in [7, 11) is 2.80. The van der Waals surface area contributed by atoms with Gasteiger partial charge in [0.2, 0.25) is 0 Å². The summed E-state index contributed by atoms with van der Waals surface area (Å²) in [6.45, 7) is 0. The van der Waals surface area contributed by atoms with Crippen molar-refractivity contribution in [2.75, 3.05) is 19.1 Å². The number of nitrogens with zero attached hydrogens (tertiary/aromatic N) is 1. The fourth-order valence-corrected chi connectivity index (χ4v) is 4.19. The summed E-state index contributed by atoms with van der Waals surface area (Å²) in [4.78, 5) is 38.0. The number of benzene rings is 1. The van der Waals surface area contributed by atoms with Gasteiger partial charge in [-0.05, 0) is 41.8 Å². The fraction of sp³-hybridized carbons (Fsp3) is 0.190. The molecule has 0 saturated carbocycles. The van der Waals surface area contributed by atoms with Gasteiger partial charge in [-0.25, -0.2) is 14.0 Å². The topological polar surface area (TPSA) is 76.8 Å². The van der Waals surface area contributed by atoms with E-state index in [1.807, 2.05) is 0 Å². The van der Waals surface area contributed by atoms with Crippen LogP contribution < -0.4 is 10.5 Å². The number of ether oxygens (including phenoxy) is 1. The van der Waals surface area contributed by atoms with Crippen molar-refractivity contribution in [3.63, 3.8) is 0 Å². The van der Waals surface area contributed by atoms with E-state index in [2.05, 4.69) is 4.74 Å². The zero-order chi connectivity index (χ0) is 20.7. The fourth-order valence-electron chi connectivity index (χ4n) is 3.20. The highest BCUT2D eigenvalue weighted by Crippen LogP contribution is 2.33. The quantitative estimate of drug-likeness (QED) is 0.602. The normalized spacial score (nSPS) is 13.0. The monoisotopic (exact) mass is 413 g/mol. The molecule has 0 radical (unpaired) electrons. The maximum Gasteiger partial charge on any atom is 0.351 e. The van der Waals surface area contributed by atoms with Gasteiger partial charge in [0.1, 0.15) is 16.4 Å². The van der Waals surface area contributed by atoms with E-state index in [0.29, 0.717) is 28.1 Å². The number of carbonyl (C=O) groups excluding carboxylic acids is 2. The number of amides is 1. The van der Waals surface area contributed by atoms with Crippen LogP contribution >= 0.6 is 11.3 Å². The SMILES string of the molecule is COC(=O)c1cc2sc(N(C)C(=O)c3ccc4c(c3)CCC(F)=C4)cc2oc1=O. The first kappa shape index (κ1) is 19.1. The maximum absolute atomic E-state index is 13.4. The number of anilines is 1. The molecular formula is C21H16FNO5S. The number of thiophene rings is 1. The van der Waals surface area contributed by atoms with E-state index in [1.54, 1.807) is 31.3 Å². The lowest BCUT2D eigenvalue weighted by atomic mass is 9.94. The lowest BCUT2D eigenvalue weighted by Crippen LogP contribution is -2.25. The van der Waals surface area contributed by atoms with E-state index in [0.717, 1.165) is 11.1 Å². The van der Waals surface area contributed by atoms with Crippen LogP contribution in [0.1, 0.15) is 38.3 Å². The Balaban J connectivity index is 1.66. The Morgan fingerprint density at radius 3 is 2.76 bits per heavy atom. The minimum Gasteiger partial charge on any atom is -0.465 e. The average Bonchev–Trinajstić information content (AvgIpc) is 3.13. The zero-order valence-electron chi connectivity index (χ0n) is 15.7. The van der Waals surface area contributed by atoms with Gasteiger partial charge in [0.15, 0.2) is 5.58 Å².